The van der Waals surface area contributed by atoms with Gasteiger partial charge in [0.1, 0.15) is 12.4 Å². The molecule has 0 atom stereocenters. The molecule has 0 radical (unpaired) electrons. The highest BCUT2D eigenvalue weighted by molar-refractivity contribution is 6.31. The van der Waals surface area contributed by atoms with Crippen molar-refractivity contribution in [2.75, 3.05) is 13.2 Å². The number of aromatic nitrogens is 1. The zero-order chi connectivity index (χ0) is 21.6. The van der Waals surface area contributed by atoms with Gasteiger partial charge in [-0.25, -0.2) is 4.98 Å². The first-order chi connectivity index (χ1) is 15.1. The van der Waals surface area contributed by atoms with Crippen LogP contribution in [0.1, 0.15) is 12.8 Å². The molecule has 0 bridgehead atoms. The molecule has 0 amide bonds. The number of carbonyl (C=O) groups excluding carboxylic acids is 1. The average Bonchev–Trinajstić information content (AvgIpc) is 2.81. The molecule has 0 saturated carbocycles. The summed E-state index contributed by atoms with van der Waals surface area (Å²) in [5, 5.41) is 10.5. The van der Waals surface area contributed by atoms with E-state index >= 15 is 0 Å². The van der Waals surface area contributed by atoms with E-state index in [4.69, 9.17) is 26.4 Å². The van der Waals surface area contributed by atoms with Crippen molar-refractivity contribution in [2.24, 2.45) is 0 Å². The van der Waals surface area contributed by atoms with E-state index in [0.717, 1.165) is 33.3 Å². The molecule has 1 N–H and O–H groups in total. The molecule has 1 heterocycles. The third kappa shape index (κ3) is 5.10. The molecule has 156 valence electrons. The molecule has 0 unspecified atom stereocenters. The Labute approximate surface area is 186 Å². The van der Waals surface area contributed by atoms with Crippen LogP contribution in [0, 0.1) is 0 Å². The molecular weight excluding hydrogens is 410 g/mol. The summed E-state index contributed by atoms with van der Waals surface area (Å²) in [7, 11) is 0. The number of nitrogens with zero attached hydrogens (tertiary/aromatic N) is 1. The lowest BCUT2D eigenvalue weighted by Gasteiger charge is -2.11. The Balaban J connectivity index is 1.64. The van der Waals surface area contributed by atoms with Crippen LogP contribution in [-0.2, 0) is 4.79 Å². The minimum Gasteiger partial charge on any atom is -0.486 e. The van der Waals surface area contributed by atoms with Crippen LogP contribution in [0.15, 0.2) is 78.9 Å². The average molecular weight is 432 g/mol. The molecule has 1 aromatic heterocycles. The Bertz CT molecular complexity index is 1190. The van der Waals surface area contributed by atoms with Crippen molar-refractivity contribution in [3.63, 3.8) is 0 Å². The van der Waals surface area contributed by atoms with Gasteiger partial charge in [0.15, 0.2) is 5.78 Å². The summed E-state index contributed by atoms with van der Waals surface area (Å²) < 4.78 is 5.57. The van der Waals surface area contributed by atoms with Gasteiger partial charge in [-0.05, 0) is 66.1 Å². The van der Waals surface area contributed by atoms with Gasteiger partial charge in [0.25, 0.3) is 0 Å². The quantitative estimate of drug-likeness (QED) is 0.375. The van der Waals surface area contributed by atoms with Crippen molar-refractivity contribution >= 4 is 28.3 Å². The molecule has 4 rings (SSSR count). The first-order valence-corrected chi connectivity index (χ1v) is 10.5. The standard InChI is InChI=1S/C26H22ClNO3/c27-20-10-13-25-24(15-20)23(18-5-2-1-3-6-18)16-26(28-25)19-8-11-22(12-9-19)31-17-21(30)7-4-14-29/h1-3,5-6,8-13,15-16,29H,4,7,14,17H2. The molecule has 4 aromatic rings. The lowest BCUT2D eigenvalue weighted by Crippen LogP contribution is -2.11. The van der Waals surface area contributed by atoms with Crippen molar-refractivity contribution in [1.29, 1.82) is 0 Å². The van der Waals surface area contributed by atoms with Crippen LogP contribution in [-0.4, -0.2) is 29.1 Å². The number of Topliss-reactive ketones (excluding diaryl/α,β-unsaturated/α-hetero) is 1. The number of hydrogen-bond donors (Lipinski definition) is 1. The number of carbonyl (C=O) groups is 1. The first-order valence-electron chi connectivity index (χ1n) is 10.2. The van der Waals surface area contributed by atoms with E-state index < -0.39 is 0 Å². The third-order valence-corrected chi connectivity index (χ3v) is 5.25. The van der Waals surface area contributed by atoms with E-state index in [2.05, 4.69) is 18.2 Å². The van der Waals surface area contributed by atoms with E-state index in [1.54, 1.807) is 0 Å². The van der Waals surface area contributed by atoms with E-state index in [1.807, 2.05) is 60.7 Å². The van der Waals surface area contributed by atoms with E-state index in [9.17, 15) is 4.79 Å². The summed E-state index contributed by atoms with van der Waals surface area (Å²) >= 11 is 6.25. The van der Waals surface area contributed by atoms with Crippen molar-refractivity contribution in [3.05, 3.63) is 83.9 Å². The molecule has 0 aliphatic heterocycles. The summed E-state index contributed by atoms with van der Waals surface area (Å²) in [4.78, 5) is 16.6. The van der Waals surface area contributed by atoms with Gasteiger partial charge in [-0.15, -0.1) is 0 Å². The first kappa shape index (κ1) is 21.0. The molecule has 0 aliphatic carbocycles. The van der Waals surface area contributed by atoms with Gasteiger partial charge in [-0.1, -0.05) is 41.9 Å². The van der Waals surface area contributed by atoms with E-state index in [0.29, 0.717) is 23.6 Å². The number of halogens is 1. The molecule has 0 fully saturated rings. The third-order valence-electron chi connectivity index (χ3n) is 5.02. The zero-order valence-electron chi connectivity index (χ0n) is 16.9. The number of hydrogen-bond acceptors (Lipinski definition) is 4. The maximum absolute atomic E-state index is 11.7. The second-order valence-electron chi connectivity index (χ2n) is 7.26. The van der Waals surface area contributed by atoms with Crippen LogP contribution in [0.3, 0.4) is 0 Å². The number of aliphatic hydroxyl groups excluding tert-OH is 1. The fourth-order valence-electron chi connectivity index (χ4n) is 3.44. The van der Waals surface area contributed by atoms with Crippen LogP contribution in [0.2, 0.25) is 5.02 Å². The number of pyridine rings is 1. The Hall–Kier alpha value is -3.21. The summed E-state index contributed by atoms with van der Waals surface area (Å²) in [5.74, 6) is 0.595. The number of benzene rings is 3. The minimum atomic E-state index is -0.0273. The number of ether oxygens (including phenoxy) is 1. The van der Waals surface area contributed by atoms with Gasteiger partial charge in [-0.3, -0.25) is 4.79 Å². The highest BCUT2D eigenvalue weighted by atomic mass is 35.5. The van der Waals surface area contributed by atoms with Gasteiger partial charge in [-0.2, -0.15) is 0 Å². The number of ketones is 1. The van der Waals surface area contributed by atoms with Crippen LogP contribution < -0.4 is 4.74 Å². The van der Waals surface area contributed by atoms with Crippen LogP contribution in [0.5, 0.6) is 5.75 Å². The maximum atomic E-state index is 11.7. The van der Waals surface area contributed by atoms with Gasteiger partial charge in [0.05, 0.1) is 11.2 Å². The van der Waals surface area contributed by atoms with Gasteiger partial charge >= 0.3 is 0 Å². The molecule has 0 spiro atoms. The fourth-order valence-corrected chi connectivity index (χ4v) is 3.61. The SMILES string of the molecule is O=C(CCCO)COc1ccc(-c2cc(-c3ccccc3)c3cc(Cl)ccc3n2)cc1. The lowest BCUT2D eigenvalue weighted by molar-refractivity contribution is -0.121. The number of aliphatic hydroxyl groups is 1. The maximum Gasteiger partial charge on any atom is 0.170 e. The van der Waals surface area contributed by atoms with Crippen LogP contribution in [0.4, 0.5) is 0 Å². The summed E-state index contributed by atoms with van der Waals surface area (Å²) in [6.07, 6.45) is 0.783. The normalized spacial score (nSPS) is 10.9. The Kier molecular flexibility index (Phi) is 6.60. The summed E-state index contributed by atoms with van der Waals surface area (Å²) in [6.45, 7) is 0.0167. The smallest absolute Gasteiger partial charge is 0.170 e. The Morgan fingerprint density at radius 1 is 0.935 bits per heavy atom. The highest BCUT2D eigenvalue weighted by Crippen LogP contribution is 2.33. The highest BCUT2D eigenvalue weighted by Gasteiger charge is 2.11. The monoisotopic (exact) mass is 431 g/mol. The molecule has 5 heteroatoms. The second kappa shape index (κ2) is 9.73. The van der Waals surface area contributed by atoms with Crippen LogP contribution >= 0.6 is 11.6 Å². The zero-order valence-corrected chi connectivity index (χ0v) is 17.7. The lowest BCUT2D eigenvalue weighted by atomic mass is 9.98. The molecule has 0 aliphatic rings. The van der Waals surface area contributed by atoms with Crippen molar-refractivity contribution < 1.29 is 14.6 Å². The Morgan fingerprint density at radius 3 is 2.45 bits per heavy atom. The minimum absolute atomic E-state index is 0.00643. The summed E-state index contributed by atoms with van der Waals surface area (Å²) in [6, 6.07) is 25.5. The van der Waals surface area contributed by atoms with Crippen molar-refractivity contribution in [2.45, 2.75) is 12.8 Å². The Morgan fingerprint density at radius 2 is 1.71 bits per heavy atom. The fraction of sp³-hybridized carbons (Fsp3) is 0.154. The second-order valence-corrected chi connectivity index (χ2v) is 7.70. The number of fused-ring (bicyclic) bond motifs is 1. The van der Waals surface area contributed by atoms with E-state index in [1.165, 1.54) is 0 Å². The van der Waals surface area contributed by atoms with E-state index in [-0.39, 0.29) is 19.0 Å². The van der Waals surface area contributed by atoms with Gasteiger partial charge in [0.2, 0.25) is 0 Å². The van der Waals surface area contributed by atoms with Crippen molar-refractivity contribution in [3.8, 4) is 28.1 Å². The molecule has 0 saturated heterocycles. The number of rotatable bonds is 8. The van der Waals surface area contributed by atoms with Gasteiger partial charge in [0, 0.05) is 29.0 Å². The summed E-state index contributed by atoms with van der Waals surface area (Å²) in [5.41, 5.74) is 4.83. The predicted octanol–water partition coefficient (Wildman–Crippen LogP) is 5.94. The topological polar surface area (TPSA) is 59.4 Å². The predicted molar refractivity (Wildman–Crippen MR) is 124 cm³/mol. The molecule has 31 heavy (non-hydrogen) atoms. The molecule has 3 aromatic carbocycles. The molecular formula is C26H22ClNO3. The van der Waals surface area contributed by atoms with Gasteiger partial charge < -0.3 is 9.84 Å². The molecule has 4 nitrogen and oxygen atoms in total. The van der Waals surface area contributed by atoms with Crippen LogP contribution in [0.25, 0.3) is 33.3 Å². The van der Waals surface area contributed by atoms with Crippen molar-refractivity contribution in [1.82, 2.24) is 4.98 Å². The largest absolute Gasteiger partial charge is 0.486 e.